The van der Waals surface area contributed by atoms with Crippen molar-refractivity contribution in [1.29, 1.82) is 5.26 Å². The van der Waals surface area contributed by atoms with Gasteiger partial charge in [0.1, 0.15) is 6.04 Å². The van der Waals surface area contributed by atoms with Crippen LogP contribution < -0.4 is 5.73 Å². The smallest absolute Gasteiger partial charge is 0.241 e. The molecular weight excluding hydrogens is 422 g/mol. The van der Waals surface area contributed by atoms with E-state index in [2.05, 4.69) is 26.7 Å². The molecule has 2 aromatic rings. The van der Waals surface area contributed by atoms with Crippen molar-refractivity contribution in [3.05, 3.63) is 29.8 Å². The summed E-state index contributed by atoms with van der Waals surface area (Å²) in [5.74, 6) is 0.458. The zero-order chi connectivity index (χ0) is 23.1. The molecule has 5 rings (SSSR count). The van der Waals surface area contributed by atoms with Gasteiger partial charge in [-0.05, 0) is 48.2 Å². The molecule has 2 bridgehead atoms. The maximum Gasteiger partial charge on any atom is 0.241 e. The summed E-state index contributed by atoms with van der Waals surface area (Å²) in [5.41, 5.74) is 8.11. The van der Waals surface area contributed by atoms with Gasteiger partial charge < -0.3 is 15.5 Å². The molecule has 33 heavy (non-hydrogen) atoms. The lowest BCUT2D eigenvalue weighted by atomic mass is 10.0. The minimum absolute atomic E-state index is 0.0706. The fourth-order valence-electron chi connectivity index (χ4n) is 5.49. The van der Waals surface area contributed by atoms with Gasteiger partial charge >= 0.3 is 0 Å². The molecule has 4 heterocycles. The highest BCUT2D eigenvalue weighted by molar-refractivity contribution is 5.87. The average molecular weight is 450 g/mol. The fraction of sp³-hybridized carbons (Fsp3) is 0.545. The largest absolute Gasteiger partial charge is 0.330 e. The summed E-state index contributed by atoms with van der Waals surface area (Å²) < 4.78 is 0. The minimum atomic E-state index is -0.732. The molecule has 1 aromatic heterocycles. The number of nitrogens with two attached hydrogens (primary N) is 1. The molecule has 11 nitrogen and oxygen atoms in total. The van der Waals surface area contributed by atoms with Gasteiger partial charge in [-0.3, -0.25) is 14.5 Å². The molecule has 3 fully saturated rings. The van der Waals surface area contributed by atoms with Crippen LogP contribution in [0.2, 0.25) is 0 Å². The van der Waals surface area contributed by atoms with Gasteiger partial charge in [0.25, 0.3) is 0 Å². The molecule has 3 saturated heterocycles. The van der Waals surface area contributed by atoms with Crippen molar-refractivity contribution in [1.82, 2.24) is 35.3 Å². The molecule has 3 aliphatic heterocycles. The van der Waals surface area contributed by atoms with E-state index in [1.807, 2.05) is 41.0 Å². The Hall–Kier alpha value is -3.36. The Morgan fingerprint density at radius 1 is 1.42 bits per heavy atom. The van der Waals surface area contributed by atoms with Gasteiger partial charge in [-0.15, -0.1) is 5.10 Å². The highest BCUT2D eigenvalue weighted by Gasteiger charge is 2.51. The number of carbonyl (C=O) groups excluding carboxylic acids is 2. The van der Waals surface area contributed by atoms with Crippen LogP contribution in [0.3, 0.4) is 0 Å². The van der Waals surface area contributed by atoms with Gasteiger partial charge in [0, 0.05) is 31.2 Å². The molecule has 4 unspecified atom stereocenters. The second-order valence-electron chi connectivity index (χ2n) is 9.08. The second-order valence-corrected chi connectivity index (χ2v) is 9.08. The van der Waals surface area contributed by atoms with Crippen LogP contribution in [-0.4, -0.2) is 90.9 Å². The number of hydrogen-bond donors (Lipinski definition) is 2. The molecule has 11 heteroatoms. The number of tetrazole rings is 1. The van der Waals surface area contributed by atoms with Gasteiger partial charge in [-0.25, -0.2) is 5.10 Å². The van der Waals surface area contributed by atoms with E-state index in [0.29, 0.717) is 31.9 Å². The third-order valence-corrected chi connectivity index (χ3v) is 7.15. The zero-order valence-corrected chi connectivity index (χ0v) is 18.5. The third kappa shape index (κ3) is 3.75. The molecule has 3 aliphatic rings. The highest BCUT2D eigenvalue weighted by Crippen LogP contribution is 2.38. The van der Waals surface area contributed by atoms with Crippen molar-refractivity contribution in [3.63, 3.8) is 0 Å². The van der Waals surface area contributed by atoms with Crippen molar-refractivity contribution in [2.75, 3.05) is 19.6 Å². The molecular formula is C22H27N9O2. The Balaban J connectivity index is 1.24. The number of hydrogen-bond acceptors (Lipinski definition) is 8. The average Bonchev–Trinajstić information content (AvgIpc) is 3.62. The first-order valence-corrected chi connectivity index (χ1v) is 11.3. The summed E-state index contributed by atoms with van der Waals surface area (Å²) >= 11 is 0. The zero-order valence-electron chi connectivity index (χ0n) is 18.5. The number of H-pyrrole nitrogens is 1. The number of aromatic nitrogens is 4. The van der Waals surface area contributed by atoms with Gasteiger partial charge in [0.2, 0.25) is 11.8 Å². The Morgan fingerprint density at radius 2 is 2.27 bits per heavy atom. The number of fused-ring (bicyclic) bond motifs is 2. The number of likely N-dealkylation sites (tertiary alicyclic amines) is 3. The van der Waals surface area contributed by atoms with E-state index in [-0.39, 0.29) is 36.0 Å². The topological polar surface area (TPSA) is 148 Å². The molecule has 0 spiro atoms. The Labute approximate surface area is 191 Å². The van der Waals surface area contributed by atoms with Gasteiger partial charge in [-0.2, -0.15) is 5.26 Å². The molecule has 5 atom stereocenters. The quantitative estimate of drug-likeness (QED) is 0.629. The van der Waals surface area contributed by atoms with E-state index in [0.717, 1.165) is 24.0 Å². The summed E-state index contributed by atoms with van der Waals surface area (Å²) in [6.07, 6.45) is 2.26. The molecule has 0 saturated carbocycles. The Morgan fingerprint density at radius 3 is 3.00 bits per heavy atom. The van der Waals surface area contributed by atoms with E-state index in [1.54, 1.807) is 4.90 Å². The number of nitrogens with one attached hydrogen (secondary N) is 1. The number of rotatable bonds is 6. The van der Waals surface area contributed by atoms with E-state index in [4.69, 9.17) is 5.73 Å². The molecule has 172 valence electrons. The van der Waals surface area contributed by atoms with Crippen LogP contribution in [0.15, 0.2) is 24.3 Å². The predicted molar refractivity (Wildman–Crippen MR) is 117 cm³/mol. The van der Waals surface area contributed by atoms with E-state index >= 15 is 0 Å². The van der Waals surface area contributed by atoms with Crippen molar-refractivity contribution in [3.8, 4) is 17.5 Å². The normalized spacial score (nSPS) is 26.6. The van der Waals surface area contributed by atoms with Crippen molar-refractivity contribution in [2.24, 2.45) is 5.73 Å². The first-order chi connectivity index (χ1) is 16.0. The molecule has 0 aliphatic carbocycles. The Bertz CT molecular complexity index is 1080. The standard InChI is InChI=1S/C22H27N9O2/c1-13(14-4-2-5-15(8-14)20-25-27-28-26-20)31-17-9-19(22(31)33)29(11-17)12-18(24)21(32)30-7-3-6-16(30)10-23/h2,4-5,8,13,16-19H,3,6-7,9,11-12,24H2,1H3,(H,25,26,27,28)/t13?,16?,17-,18?,19?/m0/s1. The van der Waals surface area contributed by atoms with E-state index in [1.165, 1.54) is 0 Å². The van der Waals surface area contributed by atoms with Gasteiger partial charge in [0.15, 0.2) is 5.82 Å². The summed E-state index contributed by atoms with van der Waals surface area (Å²) in [4.78, 5) is 31.6. The minimum Gasteiger partial charge on any atom is -0.330 e. The highest BCUT2D eigenvalue weighted by atomic mass is 16.2. The lowest BCUT2D eigenvalue weighted by Gasteiger charge is -2.38. The van der Waals surface area contributed by atoms with Crippen LogP contribution >= 0.6 is 0 Å². The van der Waals surface area contributed by atoms with Crippen LogP contribution in [-0.2, 0) is 9.59 Å². The number of amides is 2. The SMILES string of the molecule is CC(c1cccc(-c2nnn[nH]2)c1)N1C(=O)C2C[C@H]1CN2CC(N)C(=O)N1CCCC1C#N. The number of carbonyl (C=O) groups is 2. The second kappa shape index (κ2) is 8.53. The summed E-state index contributed by atoms with van der Waals surface area (Å²) in [6.45, 7) is 3.63. The summed E-state index contributed by atoms with van der Waals surface area (Å²) in [7, 11) is 0. The lowest BCUT2D eigenvalue weighted by molar-refractivity contribution is -0.140. The molecule has 1 aromatic carbocycles. The van der Waals surface area contributed by atoms with Gasteiger partial charge in [-0.1, -0.05) is 18.2 Å². The van der Waals surface area contributed by atoms with E-state index in [9.17, 15) is 14.9 Å². The van der Waals surface area contributed by atoms with Crippen molar-refractivity contribution in [2.45, 2.75) is 56.4 Å². The lowest BCUT2D eigenvalue weighted by Crippen LogP contribution is -2.56. The van der Waals surface area contributed by atoms with Crippen molar-refractivity contribution < 1.29 is 9.59 Å². The van der Waals surface area contributed by atoms with Gasteiger partial charge in [0.05, 0.1) is 24.2 Å². The number of aromatic amines is 1. The predicted octanol–water partition coefficient (Wildman–Crippen LogP) is 0.0547. The van der Waals surface area contributed by atoms with Crippen LogP contribution in [0, 0.1) is 11.3 Å². The van der Waals surface area contributed by atoms with Crippen LogP contribution in [0.25, 0.3) is 11.4 Å². The third-order valence-electron chi connectivity index (χ3n) is 7.15. The fourth-order valence-corrected chi connectivity index (χ4v) is 5.49. The monoisotopic (exact) mass is 449 g/mol. The number of benzene rings is 1. The number of piperazine rings is 1. The van der Waals surface area contributed by atoms with Crippen molar-refractivity contribution >= 4 is 11.8 Å². The Kier molecular flexibility index (Phi) is 5.55. The first-order valence-electron chi connectivity index (χ1n) is 11.3. The van der Waals surface area contributed by atoms with Crippen LogP contribution in [0.1, 0.15) is 37.8 Å². The van der Waals surface area contributed by atoms with Crippen LogP contribution in [0.4, 0.5) is 0 Å². The van der Waals surface area contributed by atoms with Crippen LogP contribution in [0.5, 0.6) is 0 Å². The number of nitrogens with zero attached hydrogens (tertiary/aromatic N) is 7. The molecule has 0 radical (unpaired) electrons. The first kappa shape index (κ1) is 21.5. The maximum atomic E-state index is 13.3. The molecule has 3 N–H and O–H groups in total. The molecule has 2 amide bonds. The number of nitriles is 1. The summed E-state index contributed by atoms with van der Waals surface area (Å²) in [5, 5.41) is 23.2. The maximum absolute atomic E-state index is 13.3. The summed E-state index contributed by atoms with van der Waals surface area (Å²) in [6, 6.07) is 8.65. The van der Waals surface area contributed by atoms with E-state index < -0.39 is 6.04 Å².